The van der Waals surface area contributed by atoms with E-state index in [1.54, 1.807) is 13.1 Å². The van der Waals surface area contributed by atoms with Gasteiger partial charge in [0.15, 0.2) is 5.96 Å². The summed E-state index contributed by atoms with van der Waals surface area (Å²) >= 11 is 0. The Hall–Kier alpha value is -2.10. The van der Waals surface area contributed by atoms with Crippen LogP contribution < -0.4 is 10.6 Å². The SMILES string of the molecule is CN=C(NCc1cccc(C#N)c1)NCC1CN(CC(C)C)CCO1. The zero-order valence-electron chi connectivity index (χ0n) is 15.5. The minimum absolute atomic E-state index is 0.174. The van der Waals surface area contributed by atoms with Gasteiger partial charge in [-0.3, -0.25) is 9.89 Å². The van der Waals surface area contributed by atoms with Crippen LogP contribution in [-0.2, 0) is 11.3 Å². The number of hydrogen-bond donors (Lipinski definition) is 2. The Bertz CT molecular complexity index is 608. The normalized spacial score (nSPS) is 18.8. The van der Waals surface area contributed by atoms with Gasteiger partial charge >= 0.3 is 0 Å². The summed E-state index contributed by atoms with van der Waals surface area (Å²) in [7, 11) is 1.76. The fourth-order valence-corrected chi connectivity index (χ4v) is 2.95. The van der Waals surface area contributed by atoms with Crippen molar-refractivity contribution in [3.8, 4) is 6.07 Å². The molecule has 0 aromatic heterocycles. The summed E-state index contributed by atoms with van der Waals surface area (Å²) in [5, 5.41) is 15.6. The molecular formula is C19H29N5O. The number of guanidine groups is 1. The zero-order chi connectivity index (χ0) is 18.1. The maximum absolute atomic E-state index is 8.97. The van der Waals surface area contributed by atoms with Crippen LogP contribution in [0.2, 0.25) is 0 Å². The molecule has 136 valence electrons. The third kappa shape index (κ3) is 6.73. The van der Waals surface area contributed by atoms with Crippen LogP contribution in [0.4, 0.5) is 0 Å². The Morgan fingerprint density at radius 3 is 3.00 bits per heavy atom. The number of nitriles is 1. The van der Waals surface area contributed by atoms with Crippen LogP contribution in [0, 0.1) is 17.2 Å². The second-order valence-electron chi connectivity index (χ2n) is 6.77. The van der Waals surface area contributed by atoms with Gasteiger partial charge in [0.2, 0.25) is 0 Å². The van der Waals surface area contributed by atoms with Crippen molar-refractivity contribution in [2.45, 2.75) is 26.5 Å². The van der Waals surface area contributed by atoms with E-state index in [1.807, 2.05) is 18.2 Å². The lowest BCUT2D eigenvalue weighted by Gasteiger charge is -2.34. The van der Waals surface area contributed by atoms with E-state index < -0.39 is 0 Å². The van der Waals surface area contributed by atoms with Gasteiger partial charge in [-0.1, -0.05) is 26.0 Å². The fraction of sp³-hybridized carbons (Fsp3) is 0.579. The predicted octanol–water partition coefficient (Wildman–Crippen LogP) is 1.58. The van der Waals surface area contributed by atoms with Crippen molar-refractivity contribution < 1.29 is 4.74 Å². The summed E-state index contributed by atoms with van der Waals surface area (Å²) in [5.41, 5.74) is 1.72. The molecule has 2 N–H and O–H groups in total. The third-order valence-electron chi connectivity index (χ3n) is 4.08. The molecule has 6 nitrogen and oxygen atoms in total. The molecule has 1 aromatic carbocycles. The number of hydrogen-bond acceptors (Lipinski definition) is 4. The lowest BCUT2D eigenvalue weighted by Crippen LogP contribution is -2.50. The van der Waals surface area contributed by atoms with Crippen molar-refractivity contribution in [3.05, 3.63) is 35.4 Å². The molecule has 1 heterocycles. The van der Waals surface area contributed by atoms with Crippen LogP contribution in [-0.4, -0.2) is 56.8 Å². The molecule has 1 aliphatic rings. The molecule has 0 saturated carbocycles. The molecule has 1 aromatic rings. The lowest BCUT2D eigenvalue weighted by molar-refractivity contribution is -0.0284. The number of nitrogens with zero attached hydrogens (tertiary/aromatic N) is 3. The van der Waals surface area contributed by atoms with E-state index in [4.69, 9.17) is 10.00 Å². The maximum Gasteiger partial charge on any atom is 0.191 e. The topological polar surface area (TPSA) is 72.7 Å². The summed E-state index contributed by atoms with van der Waals surface area (Å²) < 4.78 is 5.85. The van der Waals surface area contributed by atoms with E-state index in [0.717, 1.165) is 44.3 Å². The zero-order valence-corrected chi connectivity index (χ0v) is 15.5. The first-order valence-electron chi connectivity index (χ1n) is 8.88. The smallest absolute Gasteiger partial charge is 0.191 e. The number of rotatable bonds is 6. The number of morpholine rings is 1. The van der Waals surface area contributed by atoms with E-state index in [0.29, 0.717) is 18.0 Å². The van der Waals surface area contributed by atoms with Gasteiger partial charge in [0, 0.05) is 39.8 Å². The fourth-order valence-electron chi connectivity index (χ4n) is 2.95. The average molecular weight is 343 g/mol. The van der Waals surface area contributed by atoms with Crippen LogP contribution >= 0.6 is 0 Å². The molecule has 1 saturated heterocycles. The first kappa shape index (κ1) is 19.2. The van der Waals surface area contributed by atoms with Crippen molar-refractivity contribution in [1.29, 1.82) is 5.26 Å². The number of benzene rings is 1. The van der Waals surface area contributed by atoms with E-state index in [9.17, 15) is 0 Å². The highest BCUT2D eigenvalue weighted by atomic mass is 16.5. The molecule has 0 spiro atoms. The molecule has 0 aliphatic carbocycles. The minimum Gasteiger partial charge on any atom is -0.374 e. The summed E-state index contributed by atoms with van der Waals surface area (Å²) in [6, 6.07) is 9.74. The summed E-state index contributed by atoms with van der Waals surface area (Å²) in [6.45, 7) is 9.70. The van der Waals surface area contributed by atoms with Gasteiger partial charge in [-0.2, -0.15) is 5.26 Å². The highest BCUT2D eigenvalue weighted by Gasteiger charge is 2.21. The van der Waals surface area contributed by atoms with Gasteiger partial charge in [0.05, 0.1) is 24.3 Å². The van der Waals surface area contributed by atoms with Crippen LogP contribution in [0.5, 0.6) is 0 Å². The standard InChI is InChI=1S/C19H29N5O/c1-15(2)13-24-7-8-25-18(14-24)12-23-19(21-3)22-11-17-6-4-5-16(9-17)10-20/h4-6,9,15,18H,7-8,11-14H2,1-3H3,(H2,21,22,23). The van der Waals surface area contributed by atoms with Crippen molar-refractivity contribution in [2.24, 2.45) is 10.9 Å². The van der Waals surface area contributed by atoms with E-state index in [-0.39, 0.29) is 6.10 Å². The number of ether oxygens (including phenoxy) is 1. The van der Waals surface area contributed by atoms with Gasteiger partial charge < -0.3 is 15.4 Å². The average Bonchev–Trinajstić information content (AvgIpc) is 2.62. The molecule has 1 aliphatic heterocycles. The van der Waals surface area contributed by atoms with Crippen molar-refractivity contribution >= 4 is 5.96 Å². The first-order valence-corrected chi connectivity index (χ1v) is 8.88. The molecule has 0 bridgehead atoms. The second-order valence-corrected chi connectivity index (χ2v) is 6.77. The quantitative estimate of drug-likeness (QED) is 0.606. The molecule has 0 amide bonds. The molecule has 25 heavy (non-hydrogen) atoms. The van der Waals surface area contributed by atoms with E-state index >= 15 is 0 Å². The summed E-state index contributed by atoms with van der Waals surface area (Å²) in [6.07, 6.45) is 0.174. The van der Waals surface area contributed by atoms with Gasteiger partial charge in [0.1, 0.15) is 0 Å². The largest absolute Gasteiger partial charge is 0.374 e. The first-order chi connectivity index (χ1) is 12.1. The minimum atomic E-state index is 0.174. The maximum atomic E-state index is 8.97. The molecule has 2 rings (SSSR count). The van der Waals surface area contributed by atoms with Crippen molar-refractivity contribution in [2.75, 3.05) is 39.8 Å². The van der Waals surface area contributed by atoms with Crippen LogP contribution in [0.3, 0.4) is 0 Å². The molecule has 1 unspecified atom stereocenters. The number of nitrogens with one attached hydrogen (secondary N) is 2. The third-order valence-corrected chi connectivity index (χ3v) is 4.08. The van der Waals surface area contributed by atoms with Crippen LogP contribution in [0.1, 0.15) is 25.0 Å². The molecule has 0 radical (unpaired) electrons. The monoisotopic (exact) mass is 343 g/mol. The second kappa shape index (κ2) is 10.0. The Morgan fingerprint density at radius 2 is 2.28 bits per heavy atom. The highest BCUT2D eigenvalue weighted by Crippen LogP contribution is 2.07. The van der Waals surface area contributed by atoms with Gasteiger partial charge in [-0.15, -0.1) is 0 Å². The Balaban J connectivity index is 1.77. The lowest BCUT2D eigenvalue weighted by atomic mass is 10.1. The Labute approximate surface area is 150 Å². The van der Waals surface area contributed by atoms with E-state index in [1.165, 1.54) is 0 Å². The molecule has 1 atom stereocenters. The molecule has 1 fully saturated rings. The summed E-state index contributed by atoms with van der Waals surface area (Å²) in [5.74, 6) is 1.41. The van der Waals surface area contributed by atoms with E-state index in [2.05, 4.69) is 40.4 Å². The van der Waals surface area contributed by atoms with Crippen molar-refractivity contribution in [3.63, 3.8) is 0 Å². The van der Waals surface area contributed by atoms with Crippen LogP contribution in [0.25, 0.3) is 0 Å². The van der Waals surface area contributed by atoms with Crippen LogP contribution in [0.15, 0.2) is 29.3 Å². The Kier molecular flexibility index (Phi) is 7.71. The Morgan fingerprint density at radius 1 is 1.44 bits per heavy atom. The molecule has 6 heteroatoms. The van der Waals surface area contributed by atoms with Gasteiger partial charge in [-0.25, -0.2) is 0 Å². The van der Waals surface area contributed by atoms with Gasteiger partial charge in [0.25, 0.3) is 0 Å². The summed E-state index contributed by atoms with van der Waals surface area (Å²) in [4.78, 5) is 6.72. The predicted molar refractivity (Wildman–Crippen MR) is 100 cm³/mol. The molecular weight excluding hydrogens is 314 g/mol. The highest BCUT2D eigenvalue weighted by molar-refractivity contribution is 5.79. The number of aliphatic imine (C=N–C) groups is 1. The van der Waals surface area contributed by atoms with Crippen molar-refractivity contribution in [1.82, 2.24) is 15.5 Å². The van der Waals surface area contributed by atoms with Gasteiger partial charge in [-0.05, 0) is 23.6 Å².